The molecule has 1 heteroatoms. The average molecular weight is 637 g/mol. The van der Waals surface area contributed by atoms with Gasteiger partial charge in [-0.3, -0.25) is 0 Å². The Labute approximate surface area is 290 Å². The zero-order chi connectivity index (χ0) is 33.1. The normalized spacial score (nSPS) is 13.6. The van der Waals surface area contributed by atoms with Gasteiger partial charge in [-0.15, -0.1) is 0 Å². The van der Waals surface area contributed by atoms with Crippen molar-refractivity contribution in [3.8, 4) is 33.4 Å². The van der Waals surface area contributed by atoms with Crippen LogP contribution in [0.5, 0.6) is 0 Å². The quantitative estimate of drug-likeness (QED) is 0.172. The van der Waals surface area contributed by atoms with Crippen molar-refractivity contribution in [2.45, 2.75) is 19.3 Å². The Hall–Kier alpha value is -6.18. The van der Waals surface area contributed by atoms with Gasteiger partial charge in [0, 0.05) is 27.3 Å². The Bertz CT molecular complexity index is 3000. The molecule has 0 radical (unpaired) electrons. The summed E-state index contributed by atoms with van der Waals surface area (Å²) in [6, 6.07) is 57.9. The van der Waals surface area contributed by atoms with Crippen LogP contribution in [0.2, 0.25) is 0 Å². The maximum atomic E-state index is 7.13. The summed E-state index contributed by atoms with van der Waals surface area (Å²) < 4.78 is 7.13. The molecule has 10 aromatic rings. The van der Waals surface area contributed by atoms with Gasteiger partial charge in [-0.1, -0.05) is 159 Å². The summed E-state index contributed by atoms with van der Waals surface area (Å²) in [5, 5.41) is 12.3. The maximum Gasteiger partial charge on any atom is 0.143 e. The molecule has 1 aromatic heterocycles. The topological polar surface area (TPSA) is 13.1 Å². The second-order valence-electron chi connectivity index (χ2n) is 14.4. The molecule has 1 aliphatic rings. The van der Waals surface area contributed by atoms with Crippen molar-refractivity contribution in [2.24, 2.45) is 0 Å². The second-order valence-corrected chi connectivity index (χ2v) is 14.4. The first-order valence-electron chi connectivity index (χ1n) is 17.5. The number of fused-ring (bicyclic) bond motifs is 11. The molecule has 0 saturated carbocycles. The molecule has 0 spiro atoms. The van der Waals surface area contributed by atoms with Crippen LogP contribution in [0.1, 0.15) is 25.0 Å². The van der Waals surface area contributed by atoms with Gasteiger partial charge in [0.2, 0.25) is 0 Å². The molecular weight excluding hydrogens is 605 g/mol. The zero-order valence-corrected chi connectivity index (χ0v) is 27.9. The summed E-state index contributed by atoms with van der Waals surface area (Å²) in [5.74, 6) is 0. The highest BCUT2D eigenvalue weighted by Crippen LogP contribution is 2.58. The molecular formula is C49H32O. The molecule has 234 valence electrons. The fraction of sp³-hybridized carbons (Fsp3) is 0.0612. The van der Waals surface area contributed by atoms with Crippen LogP contribution in [0.3, 0.4) is 0 Å². The lowest BCUT2D eigenvalue weighted by molar-refractivity contribution is 0.650. The third-order valence-corrected chi connectivity index (χ3v) is 11.4. The molecule has 0 aliphatic heterocycles. The molecule has 0 N–H and O–H groups in total. The highest BCUT2D eigenvalue weighted by Gasteiger charge is 2.40. The van der Waals surface area contributed by atoms with E-state index in [0.29, 0.717) is 0 Å². The highest BCUT2D eigenvalue weighted by atomic mass is 16.3. The molecule has 0 unspecified atom stereocenters. The van der Waals surface area contributed by atoms with Crippen LogP contribution >= 0.6 is 0 Å². The SMILES string of the molecule is CC1(C)c2ccccc2-c2cc3c(oc4ccc5ccccc5c43)c(-c3c4ccccc4c(-c4cccc5ccccc45)c4ccccc34)c21. The van der Waals surface area contributed by atoms with Crippen LogP contribution in [-0.4, -0.2) is 0 Å². The van der Waals surface area contributed by atoms with E-state index >= 15 is 0 Å². The van der Waals surface area contributed by atoms with Crippen LogP contribution in [-0.2, 0) is 5.41 Å². The van der Waals surface area contributed by atoms with Crippen molar-refractivity contribution in [3.05, 3.63) is 169 Å². The largest absolute Gasteiger partial charge is 0.455 e. The van der Waals surface area contributed by atoms with Crippen LogP contribution in [0, 0.1) is 0 Å². The van der Waals surface area contributed by atoms with E-state index in [1.54, 1.807) is 0 Å². The van der Waals surface area contributed by atoms with Gasteiger partial charge in [-0.05, 0) is 88.6 Å². The van der Waals surface area contributed by atoms with Crippen molar-refractivity contribution in [3.63, 3.8) is 0 Å². The van der Waals surface area contributed by atoms with Crippen LogP contribution in [0.25, 0.3) is 98.4 Å². The van der Waals surface area contributed by atoms with Crippen molar-refractivity contribution in [2.75, 3.05) is 0 Å². The fourth-order valence-electron chi connectivity index (χ4n) is 9.31. The minimum absolute atomic E-state index is 0.243. The van der Waals surface area contributed by atoms with Crippen LogP contribution < -0.4 is 0 Å². The van der Waals surface area contributed by atoms with Gasteiger partial charge in [0.1, 0.15) is 11.2 Å². The van der Waals surface area contributed by atoms with E-state index in [0.717, 1.165) is 11.2 Å². The average Bonchev–Trinajstić information content (AvgIpc) is 3.65. The molecule has 0 amide bonds. The van der Waals surface area contributed by atoms with Crippen LogP contribution in [0.4, 0.5) is 0 Å². The maximum absolute atomic E-state index is 7.13. The van der Waals surface area contributed by atoms with Gasteiger partial charge in [0.05, 0.1) is 0 Å². The first-order valence-corrected chi connectivity index (χ1v) is 17.5. The Balaban J connectivity index is 1.38. The van der Waals surface area contributed by atoms with E-state index in [-0.39, 0.29) is 5.41 Å². The third kappa shape index (κ3) is 3.56. The fourth-order valence-corrected chi connectivity index (χ4v) is 9.31. The molecule has 9 aromatic carbocycles. The predicted octanol–water partition coefficient (Wildman–Crippen LogP) is 13.8. The summed E-state index contributed by atoms with van der Waals surface area (Å²) >= 11 is 0. The molecule has 1 nitrogen and oxygen atoms in total. The Morgan fingerprint density at radius 3 is 1.66 bits per heavy atom. The summed E-state index contributed by atoms with van der Waals surface area (Å²) in [6.07, 6.45) is 0. The molecule has 0 fully saturated rings. The summed E-state index contributed by atoms with van der Waals surface area (Å²) in [6.45, 7) is 4.78. The van der Waals surface area contributed by atoms with Gasteiger partial charge in [0.15, 0.2) is 0 Å². The molecule has 1 aliphatic carbocycles. The van der Waals surface area contributed by atoms with E-state index in [2.05, 4.69) is 172 Å². The van der Waals surface area contributed by atoms with Gasteiger partial charge in [0.25, 0.3) is 0 Å². The summed E-state index contributed by atoms with van der Waals surface area (Å²) in [5.41, 5.74) is 11.9. The van der Waals surface area contributed by atoms with Crippen molar-refractivity contribution < 1.29 is 4.42 Å². The summed E-state index contributed by atoms with van der Waals surface area (Å²) in [7, 11) is 0. The number of rotatable bonds is 2. The Morgan fingerprint density at radius 2 is 0.940 bits per heavy atom. The zero-order valence-electron chi connectivity index (χ0n) is 27.9. The minimum Gasteiger partial charge on any atom is -0.455 e. The number of hydrogen-bond donors (Lipinski definition) is 0. The molecule has 11 rings (SSSR count). The molecule has 0 bridgehead atoms. The smallest absolute Gasteiger partial charge is 0.143 e. The van der Waals surface area contributed by atoms with Gasteiger partial charge in [-0.2, -0.15) is 0 Å². The van der Waals surface area contributed by atoms with E-state index < -0.39 is 0 Å². The van der Waals surface area contributed by atoms with Crippen molar-refractivity contribution >= 4 is 65.0 Å². The minimum atomic E-state index is -0.243. The van der Waals surface area contributed by atoms with E-state index in [1.165, 1.54) is 98.4 Å². The molecule has 0 atom stereocenters. The third-order valence-electron chi connectivity index (χ3n) is 11.4. The number of benzene rings is 9. The number of furan rings is 1. The monoisotopic (exact) mass is 636 g/mol. The molecule has 1 heterocycles. The van der Waals surface area contributed by atoms with Crippen molar-refractivity contribution in [1.82, 2.24) is 0 Å². The predicted molar refractivity (Wildman–Crippen MR) is 212 cm³/mol. The van der Waals surface area contributed by atoms with Gasteiger partial charge < -0.3 is 4.42 Å². The summed E-state index contributed by atoms with van der Waals surface area (Å²) in [4.78, 5) is 0. The van der Waals surface area contributed by atoms with E-state index in [9.17, 15) is 0 Å². The second kappa shape index (κ2) is 9.94. The molecule has 50 heavy (non-hydrogen) atoms. The lowest BCUT2D eigenvalue weighted by Gasteiger charge is -2.26. The van der Waals surface area contributed by atoms with Crippen molar-refractivity contribution in [1.29, 1.82) is 0 Å². The Morgan fingerprint density at radius 1 is 0.400 bits per heavy atom. The van der Waals surface area contributed by atoms with Gasteiger partial charge in [-0.25, -0.2) is 0 Å². The highest BCUT2D eigenvalue weighted by molar-refractivity contribution is 6.28. The Kier molecular flexibility index (Phi) is 5.51. The number of hydrogen-bond acceptors (Lipinski definition) is 1. The van der Waals surface area contributed by atoms with E-state index in [4.69, 9.17) is 4.42 Å². The lowest BCUT2D eigenvalue weighted by atomic mass is 9.76. The lowest BCUT2D eigenvalue weighted by Crippen LogP contribution is -2.16. The first kappa shape index (κ1) is 27.7. The van der Waals surface area contributed by atoms with E-state index in [1.807, 2.05) is 0 Å². The molecule has 0 saturated heterocycles. The first-order chi connectivity index (χ1) is 24.6. The van der Waals surface area contributed by atoms with Gasteiger partial charge >= 0.3 is 0 Å². The standard InChI is InChI=1S/C49H32O/c1-49(2)41-25-12-11-19-33(41)39-28-40-44-32-18-6-4-15-30(32)26-27-42(44)50-48(40)46(47(39)49)45-37-22-9-7-20-35(37)43(36-21-8-10-23-38(36)45)34-24-13-16-29-14-3-5-17-31(29)34/h3-28H,1-2H3. The van der Waals surface area contributed by atoms with Crippen LogP contribution in [0.15, 0.2) is 162 Å².